The first-order chi connectivity index (χ1) is 4.86. The molecular weight excluding hydrogens is 148 g/mol. The molecule has 0 aromatic heterocycles. The van der Waals surface area contributed by atoms with Gasteiger partial charge in [0.15, 0.2) is 0 Å². The summed E-state index contributed by atoms with van der Waals surface area (Å²) < 4.78 is 0. The summed E-state index contributed by atoms with van der Waals surface area (Å²) in [5.41, 5.74) is 0. The summed E-state index contributed by atoms with van der Waals surface area (Å²) in [5.74, 6) is 1.42. The zero-order chi connectivity index (χ0) is 9.44. The molecule has 0 aliphatic carbocycles. The Morgan fingerprint density at radius 1 is 0.769 bits per heavy atom. The Hall–Kier alpha value is 1.15. The van der Waals surface area contributed by atoms with Crippen molar-refractivity contribution in [2.75, 3.05) is 0 Å². The first-order valence-electron chi connectivity index (χ1n) is 4.33. The van der Waals surface area contributed by atoms with Gasteiger partial charge in [0.2, 0.25) is 0 Å². The van der Waals surface area contributed by atoms with Gasteiger partial charge in [-0.15, -0.1) is 12.1 Å². The Morgan fingerprint density at radius 2 is 0.923 bits per heavy atom. The Bertz CT molecular complexity index is 64.6. The third-order valence-corrected chi connectivity index (χ3v) is 0.596. The topological polar surface area (TPSA) is 14.1 Å². The first kappa shape index (κ1) is 23.8. The van der Waals surface area contributed by atoms with Gasteiger partial charge in [0.25, 0.3) is 0 Å². The van der Waals surface area contributed by atoms with Gasteiger partial charge in [0.1, 0.15) is 0 Å². The standard InChI is InChI=1S/C6H14N.C4H9.2Li/c1-5(2)7-6(3)4;1-4(2)3;;/h5-6H,1-4H3;1-3H3;;/q2*-1;2*+1. The van der Waals surface area contributed by atoms with Gasteiger partial charge in [0, 0.05) is 0 Å². The molecule has 0 N–H and O–H groups in total. The molecule has 13 heavy (non-hydrogen) atoms. The Balaban J connectivity index is -0.0000000600. The van der Waals surface area contributed by atoms with Gasteiger partial charge < -0.3 is 11.2 Å². The van der Waals surface area contributed by atoms with E-state index in [1.54, 1.807) is 0 Å². The summed E-state index contributed by atoms with van der Waals surface area (Å²) in [5, 5.41) is 4.28. The number of hydrogen-bond donors (Lipinski definition) is 0. The molecule has 0 unspecified atom stereocenters. The molecule has 3 heteroatoms. The Morgan fingerprint density at radius 3 is 0.923 bits per heavy atom. The second kappa shape index (κ2) is 15.6. The third kappa shape index (κ3) is 61.6. The molecule has 0 atom stereocenters. The SMILES string of the molecule is CC(C)[N-]C(C)C.C[C-](C)C.[Li+].[Li+]. The molecule has 0 fully saturated rings. The van der Waals surface area contributed by atoms with E-state index >= 15 is 0 Å². The Kier molecular flexibility index (Phi) is 28.5. The Labute approximate surface area is 109 Å². The summed E-state index contributed by atoms with van der Waals surface area (Å²) in [7, 11) is 0. The van der Waals surface area contributed by atoms with Crippen LogP contribution in [0.4, 0.5) is 0 Å². The van der Waals surface area contributed by atoms with Crippen molar-refractivity contribution in [3.8, 4) is 0 Å². The van der Waals surface area contributed by atoms with E-state index in [9.17, 15) is 0 Å². The molecule has 0 heterocycles. The van der Waals surface area contributed by atoms with E-state index in [-0.39, 0.29) is 37.7 Å². The van der Waals surface area contributed by atoms with Crippen LogP contribution in [0.2, 0.25) is 0 Å². The van der Waals surface area contributed by atoms with Crippen molar-refractivity contribution in [2.24, 2.45) is 0 Å². The van der Waals surface area contributed by atoms with Gasteiger partial charge in [0.05, 0.1) is 0 Å². The van der Waals surface area contributed by atoms with Crippen molar-refractivity contribution in [3.63, 3.8) is 0 Å². The fourth-order valence-corrected chi connectivity index (χ4v) is 0.596. The molecule has 0 radical (unpaired) electrons. The maximum absolute atomic E-state index is 4.28. The molecule has 0 aliphatic rings. The van der Waals surface area contributed by atoms with Crippen LogP contribution >= 0.6 is 0 Å². The van der Waals surface area contributed by atoms with E-state index in [2.05, 4.69) is 53.8 Å². The smallest absolute Gasteiger partial charge is 0.658 e. The van der Waals surface area contributed by atoms with Crippen LogP contribution in [-0.4, -0.2) is 12.1 Å². The van der Waals surface area contributed by atoms with E-state index in [4.69, 9.17) is 0 Å². The molecule has 0 amide bonds. The van der Waals surface area contributed by atoms with Crippen LogP contribution in [-0.2, 0) is 0 Å². The summed E-state index contributed by atoms with van der Waals surface area (Å²) in [6.45, 7) is 14.6. The molecule has 1 nitrogen and oxygen atoms in total. The van der Waals surface area contributed by atoms with Crippen molar-refractivity contribution in [1.29, 1.82) is 0 Å². The number of hydrogen-bond acceptors (Lipinski definition) is 0. The fourth-order valence-electron chi connectivity index (χ4n) is 0.596. The molecule has 0 aromatic rings. The molecule has 0 aromatic carbocycles. The van der Waals surface area contributed by atoms with E-state index < -0.39 is 0 Å². The first-order valence-corrected chi connectivity index (χ1v) is 4.33. The van der Waals surface area contributed by atoms with E-state index in [1.807, 2.05) is 0 Å². The van der Waals surface area contributed by atoms with E-state index in [1.165, 1.54) is 5.92 Å². The van der Waals surface area contributed by atoms with Gasteiger partial charge in [-0.25, -0.2) is 0 Å². The normalized spacial score (nSPS) is 8.77. The molecule has 0 aliphatic heterocycles. The van der Waals surface area contributed by atoms with Crippen molar-refractivity contribution in [3.05, 3.63) is 11.2 Å². The predicted octanol–water partition coefficient (Wildman–Crippen LogP) is -2.19. The molecule has 70 valence electrons. The average molecular weight is 171 g/mol. The van der Waals surface area contributed by atoms with Crippen LogP contribution in [0.3, 0.4) is 0 Å². The zero-order valence-corrected chi connectivity index (χ0v) is 11.1. The van der Waals surface area contributed by atoms with Crippen LogP contribution in [0.25, 0.3) is 5.32 Å². The molecule has 0 bridgehead atoms. The predicted molar refractivity (Wildman–Crippen MR) is 53.9 cm³/mol. The second-order valence-electron chi connectivity index (χ2n) is 3.84. The molecule has 0 saturated carbocycles. The molecule has 0 saturated heterocycles. The van der Waals surface area contributed by atoms with Crippen LogP contribution in [0.5, 0.6) is 0 Å². The van der Waals surface area contributed by atoms with Crippen LogP contribution in [0.1, 0.15) is 48.5 Å². The quantitative estimate of drug-likeness (QED) is 0.331. The summed E-state index contributed by atoms with van der Waals surface area (Å²) in [6, 6.07) is 1.000. The van der Waals surface area contributed by atoms with Crippen molar-refractivity contribution < 1.29 is 37.7 Å². The number of rotatable bonds is 2. The maximum atomic E-state index is 4.28. The fraction of sp³-hybridized carbons (Fsp3) is 0.900. The van der Waals surface area contributed by atoms with Crippen LogP contribution in [0.15, 0.2) is 0 Å². The molecular formula is C10H23Li2N. The van der Waals surface area contributed by atoms with Gasteiger partial charge >= 0.3 is 37.7 Å². The van der Waals surface area contributed by atoms with Crippen molar-refractivity contribution >= 4 is 0 Å². The van der Waals surface area contributed by atoms with Crippen molar-refractivity contribution in [2.45, 2.75) is 60.5 Å². The second-order valence-corrected chi connectivity index (χ2v) is 3.84. The van der Waals surface area contributed by atoms with Gasteiger partial charge in [-0.2, -0.15) is 20.8 Å². The molecule has 0 rings (SSSR count). The minimum absolute atomic E-state index is 0. The molecule has 0 spiro atoms. The summed E-state index contributed by atoms with van der Waals surface area (Å²) in [4.78, 5) is 0. The maximum Gasteiger partial charge on any atom is 1.00 e. The zero-order valence-electron chi connectivity index (χ0n) is 11.1. The minimum atomic E-state index is 0. The largest absolute Gasteiger partial charge is 1.00 e. The third-order valence-electron chi connectivity index (χ3n) is 0.596. The minimum Gasteiger partial charge on any atom is -0.658 e. The monoisotopic (exact) mass is 171 g/mol. The average Bonchev–Trinajstić information content (AvgIpc) is 1.56. The summed E-state index contributed by atoms with van der Waals surface area (Å²) >= 11 is 0. The van der Waals surface area contributed by atoms with Crippen LogP contribution < -0.4 is 37.7 Å². The van der Waals surface area contributed by atoms with Gasteiger partial charge in [-0.1, -0.05) is 27.7 Å². The summed E-state index contributed by atoms with van der Waals surface area (Å²) in [6.07, 6.45) is 0. The van der Waals surface area contributed by atoms with Crippen molar-refractivity contribution in [1.82, 2.24) is 0 Å². The van der Waals surface area contributed by atoms with Gasteiger partial charge in [-0.05, 0) is 0 Å². The van der Waals surface area contributed by atoms with E-state index in [0.717, 1.165) is 0 Å². The van der Waals surface area contributed by atoms with E-state index in [0.29, 0.717) is 12.1 Å². The van der Waals surface area contributed by atoms with Gasteiger partial charge in [-0.3, -0.25) is 0 Å². The number of nitrogens with zero attached hydrogens (tertiary/aromatic N) is 1. The van der Waals surface area contributed by atoms with Crippen LogP contribution in [0, 0.1) is 5.92 Å².